The zero-order chi connectivity index (χ0) is 11.3. The van der Waals surface area contributed by atoms with Gasteiger partial charge in [0, 0.05) is 12.1 Å². The monoisotopic (exact) mass is 213 g/mol. The maximum absolute atomic E-state index is 11.5. The Hall–Kier alpha value is -0.610. The van der Waals surface area contributed by atoms with Crippen molar-refractivity contribution < 1.29 is 4.79 Å². The van der Waals surface area contributed by atoms with E-state index in [4.69, 9.17) is 5.73 Å². The first-order valence-corrected chi connectivity index (χ1v) is 5.87. The highest BCUT2D eigenvalue weighted by Gasteiger charge is 2.32. The maximum atomic E-state index is 11.5. The number of rotatable bonds is 6. The molecule has 0 aromatic heterocycles. The number of nitrogens with two attached hydrogens (primary N) is 1. The predicted octanol–water partition coefficient (Wildman–Crippen LogP) is 0.326. The van der Waals surface area contributed by atoms with Crippen LogP contribution in [0.2, 0.25) is 0 Å². The second-order valence-corrected chi connectivity index (χ2v) is 4.45. The van der Waals surface area contributed by atoms with Crippen LogP contribution in [-0.2, 0) is 4.79 Å². The van der Waals surface area contributed by atoms with E-state index in [2.05, 4.69) is 24.1 Å². The van der Waals surface area contributed by atoms with E-state index in [1.807, 2.05) is 0 Å². The number of likely N-dealkylation sites (N-methyl/N-ethyl adjacent to an activating group) is 1. The zero-order valence-corrected chi connectivity index (χ0v) is 9.88. The molecule has 0 bridgehead atoms. The summed E-state index contributed by atoms with van der Waals surface area (Å²) in [4.78, 5) is 13.6. The highest BCUT2D eigenvalue weighted by Crippen LogP contribution is 2.27. The zero-order valence-electron chi connectivity index (χ0n) is 9.88. The van der Waals surface area contributed by atoms with Crippen LogP contribution < -0.4 is 11.1 Å². The molecule has 3 N–H and O–H groups in total. The van der Waals surface area contributed by atoms with Crippen molar-refractivity contribution in [2.24, 2.45) is 5.73 Å². The number of carbonyl (C=O) groups is 1. The fourth-order valence-electron chi connectivity index (χ4n) is 1.79. The molecule has 88 valence electrons. The van der Waals surface area contributed by atoms with Crippen LogP contribution >= 0.6 is 0 Å². The summed E-state index contributed by atoms with van der Waals surface area (Å²) >= 11 is 0. The Morgan fingerprint density at radius 1 is 1.40 bits per heavy atom. The molecule has 1 rings (SSSR count). The third kappa shape index (κ3) is 3.80. The van der Waals surface area contributed by atoms with Crippen molar-refractivity contribution in [1.29, 1.82) is 0 Å². The van der Waals surface area contributed by atoms with Crippen LogP contribution in [0.1, 0.15) is 33.1 Å². The molecule has 15 heavy (non-hydrogen) atoms. The summed E-state index contributed by atoms with van der Waals surface area (Å²) in [5, 5.41) is 2.92. The number of hydrogen-bond acceptors (Lipinski definition) is 3. The van der Waals surface area contributed by atoms with Crippen molar-refractivity contribution in [3.63, 3.8) is 0 Å². The van der Waals surface area contributed by atoms with Gasteiger partial charge < -0.3 is 11.1 Å². The van der Waals surface area contributed by atoms with Gasteiger partial charge in [-0.15, -0.1) is 0 Å². The summed E-state index contributed by atoms with van der Waals surface area (Å²) in [5.74, 6) is 0.0930. The van der Waals surface area contributed by atoms with Gasteiger partial charge >= 0.3 is 0 Å². The average Bonchev–Trinajstić information content (AvgIpc) is 2.20. The van der Waals surface area contributed by atoms with Crippen molar-refractivity contribution in [1.82, 2.24) is 10.2 Å². The van der Waals surface area contributed by atoms with Gasteiger partial charge in [0.1, 0.15) is 0 Å². The quantitative estimate of drug-likeness (QED) is 0.668. The summed E-state index contributed by atoms with van der Waals surface area (Å²) in [6.07, 6.45) is 3.28. The van der Waals surface area contributed by atoms with E-state index in [1.54, 1.807) is 0 Å². The smallest absolute Gasteiger partial charge is 0.234 e. The Balaban J connectivity index is 2.18. The second-order valence-electron chi connectivity index (χ2n) is 4.45. The van der Waals surface area contributed by atoms with Crippen molar-refractivity contribution >= 4 is 5.91 Å². The third-order valence-electron chi connectivity index (χ3n) is 3.25. The topological polar surface area (TPSA) is 58.4 Å². The van der Waals surface area contributed by atoms with Crippen molar-refractivity contribution in [2.75, 3.05) is 26.2 Å². The van der Waals surface area contributed by atoms with Gasteiger partial charge in [0.05, 0.1) is 6.54 Å². The Kier molecular flexibility index (Phi) is 4.54. The first-order chi connectivity index (χ1) is 7.09. The van der Waals surface area contributed by atoms with Gasteiger partial charge in [0.25, 0.3) is 0 Å². The number of nitrogens with zero attached hydrogens (tertiary/aromatic N) is 1. The van der Waals surface area contributed by atoms with Gasteiger partial charge in [0.15, 0.2) is 0 Å². The summed E-state index contributed by atoms with van der Waals surface area (Å²) in [7, 11) is 0. The molecule has 0 unspecified atom stereocenters. The van der Waals surface area contributed by atoms with Crippen LogP contribution in [0, 0.1) is 0 Å². The minimum atomic E-state index is -0.112. The molecule has 4 nitrogen and oxygen atoms in total. The number of carbonyl (C=O) groups excluding carboxylic acids is 1. The van der Waals surface area contributed by atoms with Gasteiger partial charge in [0.2, 0.25) is 5.91 Å². The van der Waals surface area contributed by atoms with E-state index < -0.39 is 0 Å². The molecule has 0 radical (unpaired) electrons. The molecule has 0 aromatic carbocycles. The maximum Gasteiger partial charge on any atom is 0.234 e. The highest BCUT2D eigenvalue weighted by molar-refractivity contribution is 5.78. The number of nitrogens with one attached hydrogen (secondary N) is 1. The van der Waals surface area contributed by atoms with Gasteiger partial charge in [-0.3, -0.25) is 9.69 Å². The Morgan fingerprint density at radius 2 is 2.00 bits per heavy atom. The Labute approximate surface area is 92.2 Å². The lowest BCUT2D eigenvalue weighted by atomic mass is 9.78. The van der Waals surface area contributed by atoms with Crippen LogP contribution in [0.5, 0.6) is 0 Å². The fraction of sp³-hybridized carbons (Fsp3) is 0.909. The minimum Gasteiger partial charge on any atom is -0.353 e. The van der Waals surface area contributed by atoms with Crippen LogP contribution in [0.15, 0.2) is 0 Å². The van der Waals surface area contributed by atoms with Crippen LogP contribution in [0.3, 0.4) is 0 Å². The van der Waals surface area contributed by atoms with Gasteiger partial charge in [-0.2, -0.15) is 0 Å². The van der Waals surface area contributed by atoms with Crippen LogP contribution in [-0.4, -0.2) is 42.5 Å². The average molecular weight is 213 g/mol. The second kappa shape index (κ2) is 5.47. The lowest BCUT2D eigenvalue weighted by Gasteiger charge is -2.38. The molecule has 0 spiro atoms. The highest BCUT2D eigenvalue weighted by atomic mass is 16.2. The number of hydrogen-bond donors (Lipinski definition) is 2. The van der Waals surface area contributed by atoms with Gasteiger partial charge in [-0.1, -0.05) is 13.8 Å². The SMILES string of the molecule is CCN(CC)CC(=O)NCC1(N)CCC1. The molecule has 0 heterocycles. The number of amides is 1. The molecular formula is C11H23N3O. The summed E-state index contributed by atoms with van der Waals surface area (Å²) < 4.78 is 0. The van der Waals surface area contributed by atoms with E-state index in [-0.39, 0.29) is 11.4 Å². The van der Waals surface area contributed by atoms with Crippen molar-refractivity contribution in [3.05, 3.63) is 0 Å². The molecule has 0 atom stereocenters. The molecule has 1 amide bonds. The van der Waals surface area contributed by atoms with Gasteiger partial charge in [-0.05, 0) is 32.4 Å². The van der Waals surface area contributed by atoms with E-state index in [9.17, 15) is 4.79 Å². The van der Waals surface area contributed by atoms with Crippen LogP contribution in [0.25, 0.3) is 0 Å². The lowest BCUT2D eigenvalue weighted by Crippen LogP contribution is -2.55. The molecular weight excluding hydrogens is 190 g/mol. The molecule has 1 saturated carbocycles. The molecule has 4 heteroatoms. The first-order valence-electron chi connectivity index (χ1n) is 5.87. The summed E-state index contributed by atoms with van der Waals surface area (Å²) in [6, 6.07) is 0. The fourth-order valence-corrected chi connectivity index (χ4v) is 1.79. The lowest BCUT2D eigenvalue weighted by molar-refractivity contribution is -0.122. The normalized spacial score (nSPS) is 18.7. The Bertz CT molecular complexity index is 210. The van der Waals surface area contributed by atoms with Crippen LogP contribution in [0.4, 0.5) is 0 Å². The summed E-state index contributed by atoms with van der Waals surface area (Å²) in [6.45, 7) is 7.08. The molecule has 1 aliphatic rings. The largest absolute Gasteiger partial charge is 0.353 e. The van der Waals surface area contributed by atoms with Gasteiger partial charge in [-0.25, -0.2) is 0 Å². The molecule has 0 aromatic rings. The Morgan fingerprint density at radius 3 is 2.40 bits per heavy atom. The third-order valence-corrected chi connectivity index (χ3v) is 3.25. The molecule has 0 aliphatic heterocycles. The van der Waals surface area contributed by atoms with Crippen molar-refractivity contribution in [3.8, 4) is 0 Å². The molecule has 0 saturated heterocycles. The predicted molar refractivity (Wildman–Crippen MR) is 61.6 cm³/mol. The summed E-state index contributed by atoms with van der Waals surface area (Å²) in [5.41, 5.74) is 5.91. The van der Waals surface area contributed by atoms with Crippen molar-refractivity contribution in [2.45, 2.75) is 38.6 Å². The standard InChI is InChI=1S/C11H23N3O/c1-3-14(4-2)8-10(15)13-9-11(12)6-5-7-11/h3-9,12H2,1-2H3,(H,13,15). The van der Waals surface area contributed by atoms with E-state index >= 15 is 0 Å². The first kappa shape index (κ1) is 12.5. The molecule has 1 fully saturated rings. The van der Waals surface area contributed by atoms with E-state index in [1.165, 1.54) is 6.42 Å². The van der Waals surface area contributed by atoms with E-state index in [0.29, 0.717) is 13.1 Å². The molecule has 1 aliphatic carbocycles. The minimum absolute atomic E-state index is 0.0930. The van der Waals surface area contributed by atoms with E-state index in [0.717, 1.165) is 25.9 Å².